The van der Waals surface area contributed by atoms with E-state index in [4.69, 9.17) is 13.3 Å². The third-order valence-corrected chi connectivity index (χ3v) is 6.23. The summed E-state index contributed by atoms with van der Waals surface area (Å²) < 4.78 is 21.9. The molecule has 1 rings (SSSR count). The first kappa shape index (κ1) is 21.5. The van der Waals surface area contributed by atoms with Crippen molar-refractivity contribution in [2.75, 3.05) is 19.8 Å². The van der Waals surface area contributed by atoms with Gasteiger partial charge < -0.3 is 30.3 Å². The van der Waals surface area contributed by atoms with Crippen LogP contribution < -0.4 is 21.5 Å². The van der Waals surface area contributed by atoms with Crippen LogP contribution in [0.2, 0.25) is 6.04 Å². The Labute approximate surface area is 146 Å². The van der Waals surface area contributed by atoms with E-state index in [9.17, 15) is 0 Å². The van der Waals surface area contributed by atoms with E-state index in [0.29, 0.717) is 19.8 Å². The zero-order chi connectivity index (χ0) is 15.6. The Morgan fingerprint density at radius 2 is 1.73 bits per heavy atom. The molecule has 1 aromatic rings. The molecule has 0 amide bonds. The minimum absolute atomic E-state index is 0. The molecule has 22 heavy (non-hydrogen) atoms. The van der Waals surface area contributed by atoms with Gasteiger partial charge in [-0.3, -0.25) is 0 Å². The van der Waals surface area contributed by atoms with Crippen LogP contribution in [0.1, 0.15) is 27.2 Å². The van der Waals surface area contributed by atoms with Gasteiger partial charge in [-0.05, 0) is 27.2 Å². The molecule has 1 aromatic heterocycles. The predicted octanol–water partition coefficient (Wildman–Crippen LogP) is -0.596. The molecule has 7 heteroatoms. The van der Waals surface area contributed by atoms with Gasteiger partial charge in [-0.25, -0.2) is 9.13 Å². The lowest BCUT2D eigenvalue weighted by atomic mass is 10.5. The molecule has 0 aliphatic carbocycles. The summed E-state index contributed by atoms with van der Waals surface area (Å²) in [5.74, 6) is 0. The topological polar surface area (TPSA) is 36.5 Å². The molecule has 0 aliphatic rings. The Bertz CT molecular complexity index is 398. The van der Waals surface area contributed by atoms with E-state index in [1.807, 2.05) is 26.8 Å². The smallest absolute Gasteiger partial charge is 0.501 e. The maximum absolute atomic E-state index is 5.86. The Balaban J connectivity index is 0.00000441. The van der Waals surface area contributed by atoms with Gasteiger partial charge in [-0.2, -0.15) is 0 Å². The van der Waals surface area contributed by atoms with Crippen LogP contribution in [0.15, 0.2) is 31.4 Å². The second kappa shape index (κ2) is 12.0. The number of rotatable bonds is 12. The Morgan fingerprint density at radius 3 is 2.23 bits per heavy atom. The molecular weight excluding hydrogens is 364 g/mol. The number of aryl methyl sites for hydroxylation is 1. The van der Waals surface area contributed by atoms with Crippen LogP contribution in [-0.4, -0.2) is 33.2 Å². The number of nitrogens with zero attached hydrogens (tertiary/aromatic N) is 2. The fraction of sp³-hybridized carbons (Fsp3) is 0.667. The third-order valence-electron chi connectivity index (χ3n) is 3.08. The fourth-order valence-corrected chi connectivity index (χ4v) is 4.90. The summed E-state index contributed by atoms with van der Waals surface area (Å²) in [6.07, 6.45) is 9.10. The second-order valence-electron chi connectivity index (χ2n) is 4.72. The molecule has 0 saturated heterocycles. The Kier molecular flexibility index (Phi) is 11.8. The van der Waals surface area contributed by atoms with E-state index in [0.717, 1.165) is 25.6 Å². The van der Waals surface area contributed by atoms with Crippen molar-refractivity contribution in [3.8, 4) is 0 Å². The van der Waals surface area contributed by atoms with E-state index in [1.54, 1.807) is 0 Å². The van der Waals surface area contributed by atoms with Crippen molar-refractivity contribution in [1.82, 2.24) is 4.57 Å². The van der Waals surface area contributed by atoms with Crippen LogP contribution in [0.4, 0.5) is 0 Å². The number of imidazole rings is 1. The lowest BCUT2D eigenvalue weighted by Crippen LogP contribution is -3.00. The normalized spacial score (nSPS) is 11.2. The molecule has 5 nitrogen and oxygen atoms in total. The molecule has 128 valence electrons. The number of halogens is 1. The van der Waals surface area contributed by atoms with E-state index in [-0.39, 0.29) is 17.0 Å². The van der Waals surface area contributed by atoms with Crippen LogP contribution in [0.25, 0.3) is 0 Å². The van der Waals surface area contributed by atoms with Gasteiger partial charge in [0.1, 0.15) is 18.9 Å². The van der Waals surface area contributed by atoms with Crippen molar-refractivity contribution < 1.29 is 34.8 Å². The van der Waals surface area contributed by atoms with Gasteiger partial charge in [0.05, 0.1) is 6.54 Å². The predicted molar refractivity (Wildman–Crippen MR) is 84.9 cm³/mol. The number of hydrogen-bond donors (Lipinski definition) is 0. The summed E-state index contributed by atoms with van der Waals surface area (Å²) in [5, 5.41) is 0. The SMILES string of the molecule is C=CCn1cc[n+](CCC[Si](OCC)(OCC)OCC)c1.[Br-]. The van der Waals surface area contributed by atoms with E-state index >= 15 is 0 Å². The summed E-state index contributed by atoms with van der Waals surface area (Å²) in [6.45, 7) is 13.4. The lowest BCUT2D eigenvalue weighted by molar-refractivity contribution is -0.696. The molecular formula is C15H29BrN2O3Si. The summed E-state index contributed by atoms with van der Waals surface area (Å²) in [7, 11) is -2.49. The molecule has 1 heterocycles. The van der Waals surface area contributed by atoms with Crippen LogP contribution in [0.3, 0.4) is 0 Å². The first-order valence-electron chi connectivity index (χ1n) is 7.77. The number of aromatic nitrogens is 2. The minimum Gasteiger partial charge on any atom is -1.00 e. The van der Waals surface area contributed by atoms with Gasteiger partial charge in [0.15, 0.2) is 0 Å². The quantitative estimate of drug-likeness (QED) is 0.271. The highest BCUT2D eigenvalue weighted by Gasteiger charge is 2.39. The molecule has 0 bridgehead atoms. The summed E-state index contributed by atoms with van der Waals surface area (Å²) in [5.41, 5.74) is 0. The monoisotopic (exact) mass is 392 g/mol. The standard InChI is InChI=1S/C15H29N2O3Si.BrH/c1-5-10-16-12-13-17(15-16)11-9-14-21(18-6-2,19-7-3)20-8-4;/h5,12-13,15H,1,6-11,14H2,2-4H3;1H/q+1;/p-1. The summed E-state index contributed by atoms with van der Waals surface area (Å²) in [4.78, 5) is 0. The van der Waals surface area contributed by atoms with Crippen molar-refractivity contribution in [3.05, 3.63) is 31.4 Å². The van der Waals surface area contributed by atoms with Crippen molar-refractivity contribution >= 4 is 8.80 Å². The first-order valence-corrected chi connectivity index (χ1v) is 9.70. The molecule has 0 N–H and O–H groups in total. The molecule has 0 fully saturated rings. The Hall–Kier alpha value is -0.473. The van der Waals surface area contributed by atoms with Crippen molar-refractivity contribution in [2.45, 2.75) is 46.3 Å². The summed E-state index contributed by atoms with van der Waals surface area (Å²) >= 11 is 0. The molecule has 0 spiro atoms. The highest BCUT2D eigenvalue weighted by atomic mass is 79.9. The van der Waals surface area contributed by atoms with Gasteiger partial charge in [-0.1, -0.05) is 12.7 Å². The maximum Gasteiger partial charge on any atom is 0.501 e. The highest BCUT2D eigenvalue weighted by Crippen LogP contribution is 2.18. The summed E-state index contributed by atoms with van der Waals surface area (Å²) in [6, 6.07) is 0.849. The fourth-order valence-electron chi connectivity index (χ4n) is 2.31. The first-order chi connectivity index (χ1) is 10.2. The number of allylic oxidation sites excluding steroid dienone is 1. The van der Waals surface area contributed by atoms with E-state index in [2.05, 4.69) is 34.4 Å². The zero-order valence-corrected chi connectivity index (χ0v) is 16.5. The van der Waals surface area contributed by atoms with E-state index < -0.39 is 8.80 Å². The van der Waals surface area contributed by atoms with Crippen LogP contribution in [0, 0.1) is 0 Å². The van der Waals surface area contributed by atoms with Crippen molar-refractivity contribution in [2.24, 2.45) is 0 Å². The second-order valence-corrected chi connectivity index (χ2v) is 7.45. The van der Waals surface area contributed by atoms with Gasteiger partial charge >= 0.3 is 8.80 Å². The minimum atomic E-state index is -2.49. The average Bonchev–Trinajstić information content (AvgIpc) is 2.88. The van der Waals surface area contributed by atoms with Crippen molar-refractivity contribution in [1.29, 1.82) is 0 Å². The van der Waals surface area contributed by atoms with Gasteiger partial charge in [-0.15, -0.1) is 0 Å². The van der Waals surface area contributed by atoms with Gasteiger partial charge in [0.25, 0.3) is 0 Å². The van der Waals surface area contributed by atoms with E-state index in [1.165, 1.54) is 0 Å². The van der Waals surface area contributed by atoms with Crippen LogP contribution in [-0.2, 0) is 26.4 Å². The molecule has 0 radical (unpaired) electrons. The third kappa shape index (κ3) is 7.19. The largest absolute Gasteiger partial charge is 1.00 e. The molecule has 0 saturated carbocycles. The number of hydrogen-bond acceptors (Lipinski definition) is 3. The van der Waals surface area contributed by atoms with Gasteiger partial charge in [0, 0.05) is 25.9 Å². The average molecular weight is 393 g/mol. The lowest BCUT2D eigenvalue weighted by Gasteiger charge is -2.28. The molecule has 0 unspecified atom stereocenters. The Morgan fingerprint density at radius 1 is 1.14 bits per heavy atom. The molecule has 0 atom stereocenters. The van der Waals surface area contributed by atoms with Crippen LogP contribution >= 0.6 is 0 Å². The van der Waals surface area contributed by atoms with Crippen LogP contribution in [0.5, 0.6) is 0 Å². The maximum atomic E-state index is 5.86. The highest BCUT2D eigenvalue weighted by molar-refractivity contribution is 6.60. The van der Waals surface area contributed by atoms with Gasteiger partial charge in [0.2, 0.25) is 6.33 Å². The molecule has 0 aliphatic heterocycles. The molecule has 0 aromatic carbocycles. The van der Waals surface area contributed by atoms with Crippen molar-refractivity contribution in [3.63, 3.8) is 0 Å². The zero-order valence-electron chi connectivity index (χ0n) is 14.0.